The van der Waals surface area contributed by atoms with Crippen molar-refractivity contribution in [2.75, 3.05) is 51.0 Å². The number of amides is 5. The molecule has 2 aliphatic carbocycles. The van der Waals surface area contributed by atoms with Gasteiger partial charge in [0.05, 0.1) is 61.1 Å². The third kappa shape index (κ3) is 18.2. The Hall–Kier alpha value is -10.6. The fourth-order valence-electron chi connectivity index (χ4n) is 14.0. The summed E-state index contributed by atoms with van der Waals surface area (Å²) in [6.07, 6.45) is 15.5. The number of nitrogens with one attached hydrogen (secondary N) is 5. The normalized spacial score (nSPS) is 24.1. The zero-order chi connectivity index (χ0) is 75.6. The van der Waals surface area contributed by atoms with Crippen molar-refractivity contribution in [2.24, 2.45) is 17.6 Å². The van der Waals surface area contributed by atoms with E-state index in [9.17, 15) is 50.7 Å². The fraction of sp³-hybridized carbons (Fsp3) is 0.350. The Bertz CT molecular complexity index is 4940. The van der Waals surface area contributed by atoms with Crippen molar-refractivity contribution in [1.29, 1.82) is 0 Å². The number of likely N-dealkylation sites (tertiary alicyclic amines) is 2. The number of fused-ring (bicyclic) bond motifs is 6. The number of carboxylic acid groups (broad SMARTS) is 1. The zero-order valence-electron chi connectivity index (χ0n) is 60.4. The van der Waals surface area contributed by atoms with Gasteiger partial charge in [-0.15, -0.1) is 12.4 Å². The van der Waals surface area contributed by atoms with Crippen molar-refractivity contribution >= 4 is 101 Å². The summed E-state index contributed by atoms with van der Waals surface area (Å²) in [5.41, 5.74) is 8.98. The summed E-state index contributed by atoms with van der Waals surface area (Å²) in [5, 5.41) is 20.2. The van der Waals surface area contributed by atoms with Crippen molar-refractivity contribution in [3.63, 3.8) is 0 Å². The van der Waals surface area contributed by atoms with Gasteiger partial charge >= 0.3 is 5.97 Å². The molecule has 25 nitrogen and oxygen atoms in total. The number of carbonyl (C=O) groups excluding carboxylic acids is 5. The molecule has 2 saturated heterocycles. The number of methoxy groups -OCH3 is 2. The number of sulfonamides is 2. The Labute approximate surface area is 633 Å². The van der Waals surface area contributed by atoms with Crippen molar-refractivity contribution < 1.29 is 69.7 Å². The van der Waals surface area contributed by atoms with Gasteiger partial charge in [0.2, 0.25) is 17.7 Å². The number of hydrogen-bond donors (Lipinski definition) is 7. The highest BCUT2D eigenvalue weighted by atomic mass is 35.5. The van der Waals surface area contributed by atoms with Gasteiger partial charge in [-0.2, -0.15) is 0 Å². The summed E-state index contributed by atoms with van der Waals surface area (Å²) in [4.78, 5) is 89.3. The largest absolute Gasteiger partial charge is 0.497 e. The van der Waals surface area contributed by atoms with E-state index < -0.39 is 85.0 Å². The van der Waals surface area contributed by atoms with E-state index in [1.165, 1.54) is 35.8 Å². The highest BCUT2D eigenvalue weighted by molar-refractivity contribution is 7.90. The number of nitrogens with two attached hydrogens (primary N) is 1. The van der Waals surface area contributed by atoms with Crippen LogP contribution in [0, 0.1) is 11.8 Å². The molecule has 5 amide bonds. The van der Waals surface area contributed by atoms with Gasteiger partial charge in [-0.3, -0.25) is 24.0 Å². The number of hydrogen-bond acceptors (Lipinski definition) is 19. The molecule has 6 aliphatic rings. The lowest BCUT2D eigenvalue weighted by atomic mass is 10.1. The third-order valence-corrected chi connectivity index (χ3v) is 22.9. The van der Waals surface area contributed by atoms with E-state index in [0.29, 0.717) is 70.6 Å². The summed E-state index contributed by atoms with van der Waals surface area (Å²) in [6.45, 7) is 4.40. The molecule has 14 rings (SSSR count). The molecule has 2 aromatic heterocycles. The van der Waals surface area contributed by atoms with Crippen LogP contribution in [0.3, 0.4) is 0 Å². The smallest absolute Gasteiger partial charge is 0.326 e. The summed E-state index contributed by atoms with van der Waals surface area (Å²) in [6, 6.07) is 45.4. The second-order valence-corrected chi connectivity index (χ2v) is 30.9. The Morgan fingerprint density at radius 2 is 1.00 bits per heavy atom. The van der Waals surface area contributed by atoms with Crippen LogP contribution in [0.25, 0.3) is 44.3 Å². The number of pyridine rings is 2. The number of aromatic nitrogens is 2. The van der Waals surface area contributed by atoms with Gasteiger partial charge in [0.1, 0.15) is 68.2 Å². The average Bonchev–Trinajstić information content (AvgIpc) is 1.57. The van der Waals surface area contributed by atoms with Gasteiger partial charge in [0.15, 0.2) is 0 Å². The van der Waals surface area contributed by atoms with Crippen molar-refractivity contribution in [3.8, 4) is 45.5 Å². The van der Waals surface area contributed by atoms with E-state index in [0.717, 1.165) is 79.0 Å². The minimum absolute atomic E-state index is 0. The second-order valence-electron chi connectivity index (χ2n) is 27.6. The van der Waals surface area contributed by atoms with Gasteiger partial charge in [0.25, 0.3) is 31.9 Å². The first-order valence-electron chi connectivity index (χ1n) is 35.9. The molecule has 0 bridgehead atoms. The summed E-state index contributed by atoms with van der Waals surface area (Å²) >= 11 is 0. The summed E-state index contributed by atoms with van der Waals surface area (Å²) in [5.74, 6) is -1.69. The van der Waals surface area contributed by atoms with Crippen molar-refractivity contribution in [2.45, 2.75) is 136 Å². The maximum atomic E-state index is 14.2. The molecular weight excluding hydrogens is 1440 g/mol. The van der Waals surface area contributed by atoms with Crippen LogP contribution in [0.5, 0.6) is 23.0 Å². The highest BCUT2D eigenvalue weighted by Gasteiger charge is 2.62. The van der Waals surface area contributed by atoms with Crippen molar-refractivity contribution in [1.82, 2.24) is 34.5 Å². The molecule has 4 aliphatic heterocycles. The predicted molar refractivity (Wildman–Crippen MR) is 413 cm³/mol. The standard InChI is InChI=1S/C40H43N5O7S.C23H22N2O5.C17H23N3O3S.ClH/c1-26(46)45-25-30(52-36-23-33(27-13-7-6-8-14-27)42-34-21-29(51-2)18-19-31(34)36)22-35(45)38(47)43-40-24-28(40)15-9-4-3-5-12-20-41-32-16-10-11-17-37(32)53(49,50)44-39(40)48;1-14(26)25-13-17(11-21(25)23(27)28)30-22-12-19(15-6-4-3-5-7-15)24-20-10-16(29-2)8-9-18(20)22;18-17-12-13(17)8-4-2-1-3-7-11-19-14-9-5-6-10-15(14)24(22,23)20-16(17)21;/h6-11,13-19,21,23,28,30,35,41H,3-5,12,20,22,24-25H2,1-2H3,(H,43,47)(H,44,48);3-10,12,17,21H,11,13H2,1-2H3,(H,27,28);4-6,8-10,13,19H,1-3,7,11-12,18H2,(H,20,21);1H/b15-9-;;8-4-;/t28-,30-,35+,40-;17-,21+;13-,17-;/m111./s1. The Kier molecular flexibility index (Phi) is 24.8. The fourth-order valence-corrected chi connectivity index (χ4v) is 16.5. The summed E-state index contributed by atoms with van der Waals surface area (Å²) < 4.78 is 80.4. The van der Waals surface area contributed by atoms with E-state index in [4.69, 9.17) is 34.6 Å². The maximum Gasteiger partial charge on any atom is 0.326 e. The van der Waals surface area contributed by atoms with Crippen LogP contribution in [-0.2, 0) is 48.8 Å². The Morgan fingerprint density at radius 3 is 1.46 bits per heavy atom. The van der Waals surface area contributed by atoms with E-state index in [1.807, 2.05) is 133 Å². The van der Waals surface area contributed by atoms with Crippen LogP contribution in [0.1, 0.15) is 90.9 Å². The molecular formula is C80H89ClN10O15S2. The lowest BCUT2D eigenvalue weighted by Crippen LogP contribution is -2.56. The van der Waals surface area contributed by atoms with Gasteiger partial charge in [-0.05, 0) is 99.9 Å². The number of aliphatic carboxylic acids is 1. The summed E-state index contributed by atoms with van der Waals surface area (Å²) in [7, 11) is -5.07. The molecule has 2 saturated carbocycles. The minimum atomic E-state index is -4.30. The van der Waals surface area contributed by atoms with Crippen molar-refractivity contribution in [3.05, 3.63) is 182 Å². The van der Waals surface area contributed by atoms with Crippen LogP contribution < -0.4 is 50.1 Å². The van der Waals surface area contributed by atoms with Crippen LogP contribution in [0.15, 0.2) is 192 Å². The van der Waals surface area contributed by atoms with Gasteiger partial charge in [-0.25, -0.2) is 41.0 Å². The molecule has 6 heterocycles. The number of allylic oxidation sites excluding steroid dienone is 2. The average molecular weight is 1530 g/mol. The van der Waals surface area contributed by atoms with Crippen LogP contribution in [0.4, 0.5) is 11.4 Å². The Balaban J connectivity index is 0.000000178. The molecule has 0 spiro atoms. The number of carbonyl (C=O) groups is 6. The number of benzene rings is 6. The number of anilines is 2. The predicted octanol–water partition coefficient (Wildman–Crippen LogP) is 10.7. The zero-order valence-corrected chi connectivity index (χ0v) is 62.8. The molecule has 8 atom stereocenters. The second kappa shape index (κ2) is 34.1. The quantitative estimate of drug-likeness (QED) is 0.0592. The van der Waals surface area contributed by atoms with E-state index in [2.05, 4.69) is 25.4 Å². The number of nitrogens with zero attached hydrogens (tertiary/aromatic N) is 4. The number of para-hydroxylation sites is 2. The minimum Gasteiger partial charge on any atom is -0.497 e. The molecule has 0 radical (unpaired) electrons. The number of halogens is 1. The van der Waals surface area contributed by atoms with Crippen LogP contribution >= 0.6 is 12.4 Å². The SMILES string of the molecule is COc1ccc2c(O[C@@H]3C[C@@H](C(=O)N[C@]45C[C@H]4/C=C\CCCCCNc4ccccc4S(=O)(=O)NC5=O)N(C(C)=O)C3)cc(-c3ccccc3)nc2c1.COc1ccc2c(O[C@@H]3C[C@@H](C(=O)O)N(C(C)=O)C3)cc(-c3ccccc3)nc2c1.Cl.N[C@]12C[C@H]1/C=C\CCCCCNc1ccccc1S(=O)(=O)NC2=O. The molecule has 8 aromatic rings. The number of carboxylic acids is 1. The van der Waals surface area contributed by atoms with Gasteiger partial charge < -0.3 is 55.5 Å². The number of ether oxygens (including phenoxy) is 4. The molecule has 8 N–H and O–H groups in total. The molecule has 28 heteroatoms. The first-order valence-corrected chi connectivity index (χ1v) is 38.9. The van der Waals surface area contributed by atoms with E-state index in [1.54, 1.807) is 50.6 Å². The Morgan fingerprint density at radius 1 is 0.556 bits per heavy atom. The first-order chi connectivity index (χ1) is 51.5. The van der Waals surface area contributed by atoms with E-state index >= 15 is 0 Å². The molecule has 108 heavy (non-hydrogen) atoms. The molecule has 0 unspecified atom stereocenters. The lowest BCUT2D eigenvalue weighted by molar-refractivity contribution is -0.147. The monoisotopic (exact) mass is 1530 g/mol. The third-order valence-electron chi connectivity index (χ3n) is 20.1. The van der Waals surface area contributed by atoms with Crippen LogP contribution in [-0.4, -0.2) is 153 Å². The molecule has 568 valence electrons. The van der Waals surface area contributed by atoms with Crippen LogP contribution in [0.2, 0.25) is 0 Å². The topological polar surface area (TPSA) is 346 Å². The highest BCUT2D eigenvalue weighted by Crippen LogP contribution is 2.47. The lowest BCUT2D eigenvalue weighted by Gasteiger charge is -2.25. The molecule has 6 aromatic carbocycles. The molecule has 4 fully saturated rings. The maximum absolute atomic E-state index is 14.2. The number of rotatable bonds is 11. The first kappa shape index (κ1) is 78.5. The van der Waals surface area contributed by atoms with Gasteiger partial charge in [-0.1, -0.05) is 122 Å². The van der Waals surface area contributed by atoms with Gasteiger partial charge in [0, 0.05) is 97.8 Å². The van der Waals surface area contributed by atoms with E-state index in [-0.39, 0.29) is 72.3 Å².